The van der Waals surface area contributed by atoms with Gasteiger partial charge in [-0.15, -0.1) is 0 Å². The average Bonchev–Trinajstić information content (AvgIpc) is 0.806. The monoisotopic (exact) mass is 1290 g/mol. The molecule has 4 aromatic carbocycles. The van der Waals surface area contributed by atoms with Crippen LogP contribution in [-0.4, -0.2) is 116 Å². The van der Waals surface area contributed by atoms with Crippen LogP contribution in [0.15, 0.2) is 82.6 Å². The van der Waals surface area contributed by atoms with E-state index in [9.17, 15) is 38.3 Å². The highest BCUT2D eigenvalue weighted by atomic mass is 19.1. The Morgan fingerprint density at radius 1 is 0.527 bits per heavy atom. The maximum Gasteiger partial charge on any atom is 0.326 e. The first-order chi connectivity index (χ1) is 43.7. The van der Waals surface area contributed by atoms with Crippen molar-refractivity contribution in [1.82, 2.24) is 18.9 Å². The molecule has 3 N–H and O–H groups in total. The molecular formula is C75H103F2N5O11. The lowest BCUT2D eigenvalue weighted by molar-refractivity contribution is -0.144. The van der Waals surface area contributed by atoms with Gasteiger partial charge in [0.25, 0.3) is 11.1 Å². The number of aliphatic carboxylic acids is 1. The fourth-order valence-corrected chi connectivity index (χ4v) is 11.7. The smallest absolute Gasteiger partial charge is 0.326 e. The van der Waals surface area contributed by atoms with Gasteiger partial charge in [0, 0.05) is 61.6 Å². The number of carbonyl (C=O) groups is 4. The van der Waals surface area contributed by atoms with Crippen molar-refractivity contribution in [3.8, 4) is 33.8 Å². The number of nitrogens with zero attached hydrogens (tertiary/aromatic N) is 4. The minimum absolute atomic E-state index is 0.0613. The van der Waals surface area contributed by atoms with Crippen LogP contribution in [0, 0.1) is 78.9 Å². The van der Waals surface area contributed by atoms with Gasteiger partial charge in [-0.1, -0.05) is 27.7 Å². The van der Waals surface area contributed by atoms with Crippen LogP contribution in [0.2, 0.25) is 0 Å². The second-order valence-electron chi connectivity index (χ2n) is 25.8. The van der Waals surface area contributed by atoms with Crippen LogP contribution in [0.4, 0.5) is 8.78 Å². The Morgan fingerprint density at radius 3 is 1.28 bits per heavy atom. The lowest BCUT2D eigenvalue weighted by Crippen LogP contribution is -2.32. The number of ether oxygens (including phenoxy) is 4. The van der Waals surface area contributed by atoms with E-state index in [2.05, 4.69) is 9.80 Å². The molecular weight excluding hydrogens is 1180 g/mol. The number of benzene rings is 4. The second-order valence-corrected chi connectivity index (χ2v) is 25.8. The second kappa shape index (κ2) is 36.0. The van der Waals surface area contributed by atoms with Crippen molar-refractivity contribution in [2.24, 2.45) is 17.6 Å². The van der Waals surface area contributed by atoms with Crippen LogP contribution in [0.1, 0.15) is 164 Å². The standard InChI is InChI=1S/C38H51FN2O5.C21H26FNO3.C16H26N2O3/c1-11-46-36(44)21-29(32-19-30(15-27(7)38(32)39)37-25(5)16-31(45-10)17-26(37)6)20-34(42)33(14-23(2)3)41-22-28(12-13-40(8)9)24(4)18-35(41)43;1-6-26-19(24)11-18(23)17-10-15(7-14(4)21(17)22)20-12(2)8-16(25-5)9-13(20)3;1-11(2)8-14(16(20)21)18-10-13(6-7-17(4)5)12(3)9-15(18)19/h15-19,22-23,29,33H,11-14,20-21H2,1-10H3;7-10,18H,6,11,23H2,1-5H3;9-11,14H,6-8H2,1-5H3,(H,20,21)/t29-,33?;18-;/m00./s1. The summed E-state index contributed by atoms with van der Waals surface area (Å²) in [7, 11) is 11.2. The third-order valence-electron chi connectivity index (χ3n) is 16.5. The molecule has 508 valence electrons. The van der Waals surface area contributed by atoms with Gasteiger partial charge in [0.2, 0.25) is 0 Å². The van der Waals surface area contributed by atoms with E-state index < -0.39 is 47.8 Å². The van der Waals surface area contributed by atoms with Gasteiger partial charge in [0.05, 0.1) is 46.3 Å². The third kappa shape index (κ3) is 22.2. The summed E-state index contributed by atoms with van der Waals surface area (Å²) >= 11 is 0. The molecule has 93 heavy (non-hydrogen) atoms. The summed E-state index contributed by atoms with van der Waals surface area (Å²) < 4.78 is 54.6. The minimum Gasteiger partial charge on any atom is -0.497 e. The SMILES string of the molecule is CCOC(=O)C[C@H](CC(=O)C(CC(C)C)n1cc(CCN(C)C)c(C)cc1=O)c1cc(-c2c(C)cc(OC)cc2C)cc(C)c1F.CCOC(=O)C[C@H](N)c1cc(-c2c(C)cc(OC)cc2C)cc(C)c1F.Cc1cc(=O)n(C(CC(C)C)C(=O)O)cc1CCN(C)C. The highest BCUT2D eigenvalue weighted by Crippen LogP contribution is 2.39. The number of Topliss-reactive ketones (excluding diaryl/α,β-unsaturated/α-hetero) is 1. The molecule has 0 saturated heterocycles. The van der Waals surface area contributed by atoms with Crippen LogP contribution < -0.4 is 26.3 Å². The lowest BCUT2D eigenvalue weighted by atomic mass is 9.83. The van der Waals surface area contributed by atoms with E-state index in [4.69, 9.17) is 24.7 Å². The van der Waals surface area contributed by atoms with Crippen molar-refractivity contribution in [3.05, 3.63) is 172 Å². The molecule has 6 rings (SSSR count). The maximum absolute atomic E-state index is 16.1. The Labute approximate surface area is 550 Å². The molecule has 2 unspecified atom stereocenters. The fraction of sp³-hybridized carbons (Fsp3) is 0.493. The van der Waals surface area contributed by atoms with Gasteiger partial charge in [0.1, 0.15) is 29.2 Å². The molecule has 0 radical (unpaired) electrons. The molecule has 4 atom stereocenters. The predicted octanol–water partition coefficient (Wildman–Crippen LogP) is 13.6. The summed E-state index contributed by atoms with van der Waals surface area (Å²) in [6.45, 7) is 28.6. The number of rotatable bonds is 28. The fourth-order valence-electron chi connectivity index (χ4n) is 11.7. The van der Waals surface area contributed by atoms with E-state index >= 15 is 4.39 Å². The van der Waals surface area contributed by atoms with Gasteiger partial charge in [-0.05, 0) is 267 Å². The summed E-state index contributed by atoms with van der Waals surface area (Å²) in [5.74, 6) is -1.88. The molecule has 0 aliphatic rings. The number of hydrogen-bond donors (Lipinski definition) is 2. The van der Waals surface area contributed by atoms with Gasteiger partial charge in [-0.2, -0.15) is 0 Å². The van der Waals surface area contributed by atoms with Crippen LogP contribution in [-0.2, 0) is 41.5 Å². The first-order valence-corrected chi connectivity index (χ1v) is 32.1. The van der Waals surface area contributed by atoms with E-state index in [-0.39, 0.29) is 72.6 Å². The first kappa shape index (κ1) is 77.6. The zero-order valence-corrected chi connectivity index (χ0v) is 58.8. The Kier molecular flexibility index (Phi) is 30.1. The normalized spacial score (nSPS) is 12.6. The number of aromatic nitrogens is 2. The van der Waals surface area contributed by atoms with Gasteiger partial charge >= 0.3 is 17.9 Å². The summed E-state index contributed by atoms with van der Waals surface area (Å²) in [4.78, 5) is 80.0. The molecule has 0 aliphatic heterocycles. The first-order valence-electron chi connectivity index (χ1n) is 32.1. The molecule has 16 nitrogen and oxygen atoms in total. The number of nitrogens with two attached hydrogens (primary N) is 1. The predicted molar refractivity (Wildman–Crippen MR) is 367 cm³/mol. The summed E-state index contributed by atoms with van der Waals surface area (Å²) in [5, 5.41) is 9.41. The maximum atomic E-state index is 16.1. The van der Waals surface area contributed by atoms with Crippen molar-refractivity contribution in [2.45, 2.75) is 166 Å². The van der Waals surface area contributed by atoms with E-state index in [0.29, 0.717) is 29.5 Å². The quantitative estimate of drug-likeness (QED) is 0.0439. The van der Waals surface area contributed by atoms with Crippen molar-refractivity contribution in [1.29, 1.82) is 0 Å². The molecule has 0 fully saturated rings. The third-order valence-corrected chi connectivity index (χ3v) is 16.5. The van der Waals surface area contributed by atoms with Crippen molar-refractivity contribution >= 4 is 23.7 Å². The minimum atomic E-state index is -0.951. The molecule has 0 spiro atoms. The number of methoxy groups -OCH3 is 2. The van der Waals surface area contributed by atoms with Crippen molar-refractivity contribution in [2.75, 3.05) is 68.7 Å². The highest BCUT2D eigenvalue weighted by molar-refractivity contribution is 5.85. The van der Waals surface area contributed by atoms with Crippen LogP contribution >= 0.6 is 0 Å². The number of halogens is 2. The molecule has 6 aromatic rings. The highest BCUT2D eigenvalue weighted by Gasteiger charge is 2.31. The Bertz CT molecular complexity index is 3630. The number of hydrogen-bond acceptors (Lipinski definition) is 13. The topological polar surface area (TPSA) is 202 Å². The Morgan fingerprint density at radius 2 is 0.903 bits per heavy atom. The Balaban J connectivity index is 0.000000329. The number of carboxylic acids is 1. The van der Waals surface area contributed by atoms with E-state index in [1.165, 1.54) is 4.57 Å². The van der Waals surface area contributed by atoms with Crippen LogP contribution in [0.3, 0.4) is 0 Å². The average molecular weight is 1290 g/mol. The summed E-state index contributed by atoms with van der Waals surface area (Å²) in [6.07, 6.45) is 5.61. The van der Waals surface area contributed by atoms with Gasteiger partial charge in [0.15, 0.2) is 5.78 Å². The Hall–Kier alpha value is -7.80. The number of carbonyl (C=O) groups excluding carboxylic acids is 3. The number of pyridine rings is 2. The van der Waals surface area contributed by atoms with Gasteiger partial charge in [-0.3, -0.25) is 24.0 Å². The van der Waals surface area contributed by atoms with Gasteiger partial charge < -0.3 is 48.7 Å². The van der Waals surface area contributed by atoms with Gasteiger partial charge in [-0.25, -0.2) is 13.6 Å². The summed E-state index contributed by atoms with van der Waals surface area (Å²) in [5.41, 5.74) is 18.6. The zero-order chi connectivity index (χ0) is 69.9. The molecule has 0 amide bonds. The van der Waals surface area contributed by atoms with Crippen molar-refractivity contribution in [3.63, 3.8) is 0 Å². The number of ketones is 1. The number of likely N-dealkylation sites (N-methyl/N-ethyl adjacent to an activating group) is 2. The van der Waals surface area contributed by atoms with Crippen LogP contribution in [0.5, 0.6) is 11.5 Å². The molecule has 0 bridgehead atoms. The zero-order valence-electron chi connectivity index (χ0n) is 58.8. The molecule has 18 heteroatoms. The number of esters is 2. The van der Waals surface area contributed by atoms with E-state index in [1.54, 1.807) is 89.1 Å². The van der Waals surface area contributed by atoms with E-state index in [1.807, 2.05) is 128 Å². The summed E-state index contributed by atoms with van der Waals surface area (Å²) in [6, 6.07) is 15.7. The van der Waals surface area contributed by atoms with E-state index in [0.717, 1.165) is 104 Å². The molecule has 2 aromatic heterocycles. The molecule has 0 aliphatic carbocycles. The van der Waals surface area contributed by atoms with Crippen LogP contribution in [0.25, 0.3) is 22.3 Å². The molecule has 2 heterocycles. The number of aryl methyl sites for hydroxylation is 8. The lowest BCUT2D eigenvalue weighted by Gasteiger charge is -2.25. The largest absolute Gasteiger partial charge is 0.497 e. The molecule has 0 saturated carbocycles. The number of carboxylic acid groups (broad SMARTS) is 1. The van der Waals surface area contributed by atoms with Crippen molar-refractivity contribution < 1.29 is 52.0 Å².